The quantitative estimate of drug-likeness (QED) is 0.801. The van der Waals surface area contributed by atoms with Gasteiger partial charge in [-0.2, -0.15) is 40.4 Å². The molecule has 0 amide bonds. The lowest BCUT2D eigenvalue weighted by atomic mass is 9.87. The molecule has 0 bridgehead atoms. The summed E-state index contributed by atoms with van der Waals surface area (Å²) in [6.45, 7) is 0. The highest BCUT2D eigenvalue weighted by Crippen LogP contribution is 2.70. The van der Waals surface area contributed by atoms with Crippen LogP contribution in [0.15, 0.2) is 24.3 Å². The molecule has 2 nitrogen and oxygen atoms in total. The van der Waals surface area contributed by atoms with E-state index in [0.717, 1.165) is 18.2 Å². The zero-order chi connectivity index (χ0) is 19.5. The minimum Gasteiger partial charge on any atom is -0.388 e. The molecule has 0 spiro atoms. The summed E-state index contributed by atoms with van der Waals surface area (Å²) in [6, 6.07) is 5.62. The van der Waals surface area contributed by atoms with Crippen molar-refractivity contribution in [3.05, 3.63) is 35.4 Å². The van der Waals surface area contributed by atoms with Gasteiger partial charge in [0.05, 0.1) is 17.7 Å². The fraction of sp³-hybridized carbons (Fsp3) is 0.500. The molecule has 138 valence electrons. The summed E-state index contributed by atoms with van der Waals surface area (Å²) < 4.78 is 121. The van der Waals surface area contributed by atoms with Gasteiger partial charge in [-0.15, -0.1) is 0 Å². The Hall–Kier alpha value is -1.96. The van der Waals surface area contributed by atoms with Crippen LogP contribution < -0.4 is 0 Å². The molecule has 1 N–H and O–H groups in total. The number of aliphatic hydroxyl groups is 1. The molecule has 0 saturated heterocycles. The minimum atomic E-state index is -6.69. The summed E-state index contributed by atoms with van der Waals surface area (Å²) in [5.74, 6) is -26.3. The molecule has 1 aliphatic carbocycles. The first kappa shape index (κ1) is 19.4. The average molecular weight is 377 g/mol. The summed E-state index contributed by atoms with van der Waals surface area (Å²) in [7, 11) is 0. The van der Waals surface area contributed by atoms with E-state index in [4.69, 9.17) is 5.26 Å². The molecule has 0 radical (unpaired) electrons. The van der Waals surface area contributed by atoms with Crippen molar-refractivity contribution in [1.82, 2.24) is 0 Å². The zero-order valence-electron chi connectivity index (χ0n) is 11.9. The van der Waals surface area contributed by atoms with Gasteiger partial charge in [-0.05, 0) is 11.6 Å². The van der Waals surface area contributed by atoms with Crippen LogP contribution in [-0.2, 0) is 0 Å². The molecule has 1 fully saturated rings. The molecule has 1 unspecified atom stereocenters. The molecule has 0 aromatic heterocycles. The Morgan fingerprint density at radius 3 is 1.72 bits per heavy atom. The number of hydrogen-bond acceptors (Lipinski definition) is 2. The Balaban J connectivity index is 2.55. The summed E-state index contributed by atoms with van der Waals surface area (Å²) in [5, 5.41) is 18.5. The van der Waals surface area contributed by atoms with Gasteiger partial charge < -0.3 is 5.11 Å². The van der Waals surface area contributed by atoms with Crippen molar-refractivity contribution in [2.45, 2.75) is 41.9 Å². The lowest BCUT2D eigenvalue weighted by Gasteiger charge is -2.32. The molecule has 1 aliphatic rings. The van der Waals surface area contributed by atoms with E-state index in [2.05, 4.69) is 0 Å². The normalized spacial score (nSPS) is 26.0. The number of hydrogen-bond donors (Lipinski definition) is 1. The molecule has 1 atom stereocenters. The maximum atomic E-state index is 14.3. The highest BCUT2D eigenvalue weighted by molar-refractivity contribution is 5.39. The highest BCUT2D eigenvalue weighted by Gasteiger charge is 3.00. The number of nitriles is 1. The number of halogens is 9. The second-order valence-corrected chi connectivity index (χ2v) is 5.52. The lowest BCUT2D eigenvalue weighted by molar-refractivity contribution is -0.303. The van der Waals surface area contributed by atoms with Gasteiger partial charge in [0.2, 0.25) is 0 Å². The van der Waals surface area contributed by atoms with Crippen LogP contribution in [0.4, 0.5) is 39.5 Å². The second-order valence-electron chi connectivity index (χ2n) is 5.52. The molecule has 1 saturated carbocycles. The monoisotopic (exact) mass is 377 g/mol. The first-order valence-electron chi connectivity index (χ1n) is 6.56. The Morgan fingerprint density at radius 2 is 1.28 bits per heavy atom. The smallest absolute Gasteiger partial charge is 0.381 e. The Labute approximate surface area is 134 Å². The van der Waals surface area contributed by atoms with Crippen LogP contribution in [0.1, 0.15) is 23.7 Å². The molecular weight excluding hydrogens is 369 g/mol. The average Bonchev–Trinajstić information content (AvgIpc) is 2.57. The maximum Gasteiger partial charge on any atom is 0.381 e. The molecule has 1 aromatic rings. The van der Waals surface area contributed by atoms with E-state index < -0.39 is 53.0 Å². The second kappa shape index (κ2) is 5.27. The largest absolute Gasteiger partial charge is 0.388 e. The van der Waals surface area contributed by atoms with Gasteiger partial charge in [0.1, 0.15) is 0 Å². The van der Waals surface area contributed by atoms with Crippen molar-refractivity contribution < 1.29 is 44.6 Å². The van der Waals surface area contributed by atoms with E-state index in [9.17, 15) is 44.6 Å². The molecule has 0 aliphatic heterocycles. The van der Waals surface area contributed by atoms with Crippen LogP contribution in [-0.4, -0.2) is 34.5 Å². The first-order valence-corrected chi connectivity index (χ1v) is 6.56. The Morgan fingerprint density at radius 1 is 0.840 bits per heavy atom. The van der Waals surface area contributed by atoms with Crippen molar-refractivity contribution in [3.8, 4) is 6.07 Å². The van der Waals surface area contributed by atoms with Crippen LogP contribution in [0.25, 0.3) is 0 Å². The van der Waals surface area contributed by atoms with E-state index in [1.807, 2.05) is 0 Å². The predicted molar refractivity (Wildman–Crippen MR) is 64.4 cm³/mol. The summed E-state index contributed by atoms with van der Waals surface area (Å²) in [4.78, 5) is 0. The SMILES string of the molecule is N#Cc1ccccc1C(O)CC1(F)C(F)(F)C(F)(F)C(F)(F)C1(F)F. The summed E-state index contributed by atoms with van der Waals surface area (Å²) in [6.07, 6.45) is -5.11. The van der Waals surface area contributed by atoms with E-state index in [0.29, 0.717) is 0 Å². The minimum absolute atomic E-state index is 0.457. The topological polar surface area (TPSA) is 44.0 Å². The fourth-order valence-electron chi connectivity index (χ4n) is 2.61. The van der Waals surface area contributed by atoms with Crippen LogP contribution >= 0.6 is 0 Å². The van der Waals surface area contributed by atoms with Crippen LogP contribution in [0.3, 0.4) is 0 Å². The number of aliphatic hydroxyl groups excluding tert-OH is 1. The molecule has 0 heterocycles. The zero-order valence-corrected chi connectivity index (χ0v) is 11.9. The third-order valence-corrected chi connectivity index (χ3v) is 4.09. The van der Waals surface area contributed by atoms with Crippen LogP contribution in [0.5, 0.6) is 0 Å². The summed E-state index contributed by atoms with van der Waals surface area (Å²) in [5.41, 5.74) is -6.86. The summed E-state index contributed by atoms with van der Waals surface area (Å²) >= 11 is 0. The van der Waals surface area contributed by atoms with Gasteiger partial charge >= 0.3 is 23.7 Å². The molecule has 2 rings (SSSR count). The van der Waals surface area contributed by atoms with Gasteiger partial charge in [-0.3, -0.25) is 0 Å². The molecule has 11 heteroatoms. The predicted octanol–water partition coefficient (Wildman–Crippen LogP) is 4.24. The number of rotatable bonds is 3. The van der Waals surface area contributed by atoms with Crippen molar-refractivity contribution in [2.75, 3.05) is 0 Å². The van der Waals surface area contributed by atoms with Gasteiger partial charge in [-0.1, -0.05) is 18.2 Å². The van der Waals surface area contributed by atoms with E-state index in [-0.39, 0.29) is 0 Å². The third kappa shape index (κ3) is 2.09. The van der Waals surface area contributed by atoms with Gasteiger partial charge in [-0.25, -0.2) is 4.39 Å². The van der Waals surface area contributed by atoms with Crippen LogP contribution in [0, 0.1) is 11.3 Å². The number of alkyl halides is 9. The maximum absolute atomic E-state index is 14.3. The molecule has 1 aromatic carbocycles. The van der Waals surface area contributed by atoms with Gasteiger partial charge in [0, 0.05) is 6.42 Å². The number of benzene rings is 1. The highest BCUT2D eigenvalue weighted by atomic mass is 19.4. The van der Waals surface area contributed by atoms with Crippen molar-refractivity contribution in [3.63, 3.8) is 0 Å². The first-order chi connectivity index (χ1) is 11.2. The molecule has 25 heavy (non-hydrogen) atoms. The Kier molecular flexibility index (Phi) is 4.08. The van der Waals surface area contributed by atoms with Gasteiger partial charge in [0.25, 0.3) is 5.67 Å². The van der Waals surface area contributed by atoms with Crippen molar-refractivity contribution >= 4 is 0 Å². The third-order valence-electron chi connectivity index (χ3n) is 4.09. The van der Waals surface area contributed by atoms with Gasteiger partial charge in [0.15, 0.2) is 0 Å². The van der Waals surface area contributed by atoms with E-state index >= 15 is 0 Å². The fourth-order valence-corrected chi connectivity index (χ4v) is 2.61. The van der Waals surface area contributed by atoms with Crippen molar-refractivity contribution in [1.29, 1.82) is 5.26 Å². The number of nitrogens with zero attached hydrogens (tertiary/aromatic N) is 1. The standard InChI is InChI=1S/C14H8F9NO/c15-10(5-9(25)8-4-2-1-3-7(8)6-24)11(16,17)13(20,21)14(22,23)12(10,18)19/h1-4,9,25H,5H2. The Bertz CT molecular complexity index is 699. The van der Waals surface area contributed by atoms with Crippen molar-refractivity contribution in [2.24, 2.45) is 0 Å². The van der Waals surface area contributed by atoms with Crippen LogP contribution in [0.2, 0.25) is 0 Å². The molecular formula is C14H8F9NO. The lowest BCUT2D eigenvalue weighted by Crippen LogP contribution is -2.55. The van der Waals surface area contributed by atoms with E-state index in [1.54, 1.807) is 0 Å². The van der Waals surface area contributed by atoms with E-state index in [1.165, 1.54) is 12.1 Å².